The molecule has 0 spiro atoms. The molecule has 2 nitrogen and oxygen atoms in total. The van der Waals surface area contributed by atoms with Crippen LogP contribution in [0.1, 0.15) is 54.4 Å². The average Bonchev–Trinajstić information content (AvgIpc) is 1.97. The Balaban J connectivity index is 2.30. The Kier molecular flexibility index (Phi) is 4.19. The van der Waals surface area contributed by atoms with Crippen LogP contribution in [0, 0.1) is 0 Å². The molecule has 0 aliphatic heterocycles. The second-order valence-corrected chi connectivity index (χ2v) is 5.90. The molecule has 0 bridgehead atoms. The van der Waals surface area contributed by atoms with Crippen molar-refractivity contribution in [3.63, 3.8) is 0 Å². The molecule has 0 amide bonds. The summed E-state index contributed by atoms with van der Waals surface area (Å²) in [5, 5.41) is 0. The molecule has 0 radical (unpaired) electrons. The largest absolute Gasteiger partial charge is 0.373 e. The van der Waals surface area contributed by atoms with Gasteiger partial charge in [-0.2, -0.15) is 0 Å². The Morgan fingerprint density at radius 1 is 1.27 bits per heavy atom. The van der Waals surface area contributed by atoms with Crippen molar-refractivity contribution in [3.05, 3.63) is 0 Å². The quantitative estimate of drug-likeness (QED) is 0.711. The molecule has 2 heteroatoms. The van der Waals surface area contributed by atoms with Gasteiger partial charge in [-0.15, -0.1) is 0 Å². The van der Waals surface area contributed by atoms with Crippen molar-refractivity contribution < 1.29 is 4.74 Å². The number of ether oxygens (including phenoxy) is 1. The Morgan fingerprint density at radius 2 is 1.80 bits per heavy atom. The Hall–Kier alpha value is -0.0800. The molecule has 1 saturated carbocycles. The minimum Gasteiger partial charge on any atom is -0.373 e. The first-order valence-electron chi connectivity index (χ1n) is 6.27. The van der Waals surface area contributed by atoms with E-state index in [1.54, 1.807) is 0 Å². The summed E-state index contributed by atoms with van der Waals surface area (Å²) in [5.74, 6) is 0. The molecular weight excluding hydrogens is 186 g/mol. The molecule has 0 atom stereocenters. The van der Waals surface area contributed by atoms with Crippen molar-refractivity contribution in [2.75, 3.05) is 6.54 Å². The molecule has 0 aromatic rings. The van der Waals surface area contributed by atoms with Crippen LogP contribution in [0.3, 0.4) is 0 Å². The van der Waals surface area contributed by atoms with Crippen LogP contribution < -0.4 is 0 Å². The summed E-state index contributed by atoms with van der Waals surface area (Å²) in [6, 6.07) is 1.41. The molecule has 1 fully saturated rings. The van der Waals surface area contributed by atoms with Gasteiger partial charge in [0.25, 0.3) is 0 Å². The SMILES string of the molecule is CCN(C(C)C)[C@H]1C[C@H](OC(C)(C)C)C1. The fraction of sp³-hybridized carbons (Fsp3) is 1.00. The summed E-state index contributed by atoms with van der Waals surface area (Å²) < 4.78 is 5.95. The van der Waals surface area contributed by atoms with E-state index >= 15 is 0 Å². The molecule has 0 unspecified atom stereocenters. The predicted octanol–water partition coefficient (Wildman–Crippen LogP) is 3.06. The highest BCUT2D eigenvalue weighted by molar-refractivity contribution is 4.90. The predicted molar refractivity (Wildman–Crippen MR) is 65.2 cm³/mol. The summed E-state index contributed by atoms with van der Waals surface area (Å²) in [4.78, 5) is 2.57. The molecule has 1 rings (SSSR count). The third kappa shape index (κ3) is 3.76. The van der Waals surface area contributed by atoms with E-state index in [2.05, 4.69) is 46.4 Å². The maximum atomic E-state index is 5.95. The van der Waals surface area contributed by atoms with Crippen molar-refractivity contribution >= 4 is 0 Å². The van der Waals surface area contributed by atoms with Gasteiger partial charge in [0.15, 0.2) is 0 Å². The van der Waals surface area contributed by atoms with Gasteiger partial charge in [-0.1, -0.05) is 6.92 Å². The van der Waals surface area contributed by atoms with Crippen molar-refractivity contribution in [2.24, 2.45) is 0 Å². The van der Waals surface area contributed by atoms with E-state index in [9.17, 15) is 0 Å². The van der Waals surface area contributed by atoms with Crippen molar-refractivity contribution in [1.82, 2.24) is 4.90 Å². The molecule has 0 aromatic heterocycles. The van der Waals surface area contributed by atoms with Crippen LogP contribution in [0.25, 0.3) is 0 Å². The molecule has 0 aromatic carbocycles. The lowest BCUT2D eigenvalue weighted by Crippen LogP contribution is -2.52. The first-order chi connectivity index (χ1) is 6.83. The van der Waals surface area contributed by atoms with Gasteiger partial charge in [0.05, 0.1) is 11.7 Å². The lowest BCUT2D eigenvalue weighted by atomic mass is 9.86. The molecule has 0 heterocycles. The Morgan fingerprint density at radius 3 is 2.13 bits per heavy atom. The zero-order valence-corrected chi connectivity index (χ0v) is 11.2. The second-order valence-electron chi connectivity index (χ2n) is 5.90. The summed E-state index contributed by atoms with van der Waals surface area (Å²) in [6.07, 6.45) is 2.91. The molecule has 1 aliphatic carbocycles. The number of rotatable bonds is 4. The molecule has 15 heavy (non-hydrogen) atoms. The van der Waals surface area contributed by atoms with Gasteiger partial charge in [0.1, 0.15) is 0 Å². The topological polar surface area (TPSA) is 12.5 Å². The normalized spacial score (nSPS) is 27.2. The van der Waals surface area contributed by atoms with Crippen LogP contribution in [0.5, 0.6) is 0 Å². The summed E-state index contributed by atoms with van der Waals surface area (Å²) in [7, 11) is 0. The summed E-state index contributed by atoms with van der Waals surface area (Å²) in [5.41, 5.74) is 0.0184. The van der Waals surface area contributed by atoms with E-state index in [1.807, 2.05) is 0 Å². The van der Waals surface area contributed by atoms with Crippen LogP contribution in [0.15, 0.2) is 0 Å². The highest BCUT2D eigenvalue weighted by Crippen LogP contribution is 2.32. The first-order valence-corrected chi connectivity index (χ1v) is 6.27. The second kappa shape index (κ2) is 4.84. The van der Waals surface area contributed by atoms with E-state index in [1.165, 1.54) is 12.8 Å². The molecule has 1 aliphatic rings. The van der Waals surface area contributed by atoms with Crippen LogP contribution >= 0.6 is 0 Å². The summed E-state index contributed by atoms with van der Waals surface area (Å²) in [6.45, 7) is 14.4. The van der Waals surface area contributed by atoms with Gasteiger partial charge in [-0.3, -0.25) is 4.90 Å². The zero-order valence-electron chi connectivity index (χ0n) is 11.2. The third-order valence-electron chi connectivity index (χ3n) is 3.09. The van der Waals surface area contributed by atoms with Crippen LogP contribution in [-0.4, -0.2) is 35.2 Å². The Labute approximate surface area is 95.0 Å². The first kappa shape index (κ1) is 13.0. The van der Waals surface area contributed by atoms with Gasteiger partial charge >= 0.3 is 0 Å². The van der Waals surface area contributed by atoms with Crippen LogP contribution in [0.4, 0.5) is 0 Å². The fourth-order valence-electron chi connectivity index (χ4n) is 2.45. The van der Waals surface area contributed by atoms with E-state index in [-0.39, 0.29) is 5.60 Å². The van der Waals surface area contributed by atoms with E-state index in [4.69, 9.17) is 4.74 Å². The van der Waals surface area contributed by atoms with Gasteiger partial charge in [0.2, 0.25) is 0 Å². The minimum atomic E-state index is 0.0184. The molecular formula is C13H27NO. The Bertz CT molecular complexity index is 189. The standard InChI is InChI=1S/C13H27NO/c1-7-14(10(2)3)11-8-12(9-11)15-13(4,5)6/h10-12H,7-9H2,1-6H3/t11-,12-. The third-order valence-corrected chi connectivity index (χ3v) is 3.09. The molecule has 0 N–H and O–H groups in total. The van der Waals surface area contributed by atoms with E-state index in [0.717, 1.165) is 12.6 Å². The average molecular weight is 213 g/mol. The maximum absolute atomic E-state index is 5.95. The van der Waals surface area contributed by atoms with Crippen LogP contribution in [-0.2, 0) is 4.74 Å². The van der Waals surface area contributed by atoms with Gasteiger partial charge in [-0.25, -0.2) is 0 Å². The fourth-order valence-corrected chi connectivity index (χ4v) is 2.45. The van der Waals surface area contributed by atoms with Crippen molar-refractivity contribution in [3.8, 4) is 0 Å². The number of hydrogen-bond donors (Lipinski definition) is 0. The number of hydrogen-bond acceptors (Lipinski definition) is 2. The summed E-state index contributed by atoms with van der Waals surface area (Å²) >= 11 is 0. The van der Waals surface area contributed by atoms with E-state index < -0.39 is 0 Å². The van der Waals surface area contributed by atoms with E-state index in [0.29, 0.717) is 12.1 Å². The lowest BCUT2D eigenvalue weighted by molar-refractivity contribution is -0.122. The maximum Gasteiger partial charge on any atom is 0.0612 e. The highest BCUT2D eigenvalue weighted by atomic mass is 16.5. The molecule has 90 valence electrons. The molecule has 0 saturated heterocycles. The van der Waals surface area contributed by atoms with Gasteiger partial charge in [0, 0.05) is 12.1 Å². The van der Waals surface area contributed by atoms with Crippen molar-refractivity contribution in [2.45, 2.75) is 78.2 Å². The number of nitrogens with zero attached hydrogens (tertiary/aromatic N) is 1. The van der Waals surface area contributed by atoms with Crippen molar-refractivity contribution in [1.29, 1.82) is 0 Å². The smallest absolute Gasteiger partial charge is 0.0612 e. The highest BCUT2D eigenvalue weighted by Gasteiger charge is 2.36. The lowest BCUT2D eigenvalue weighted by Gasteiger charge is -2.46. The van der Waals surface area contributed by atoms with Crippen LogP contribution in [0.2, 0.25) is 0 Å². The van der Waals surface area contributed by atoms with Gasteiger partial charge < -0.3 is 4.74 Å². The van der Waals surface area contributed by atoms with Gasteiger partial charge in [-0.05, 0) is 54.0 Å². The monoisotopic (exact) mass is 213 g/mol. The zero-order chi connectivity index (χ0) is 11.6. The minimum absolute atomic E-state index is 0.0184.